The van der Waals surface area contributed by atoms with Crippen molar-refractivity contribution in [3.63, 3.8) is 0 Å². The van der Waals surface area contributed by atoms with Crippen LogP contribution in [0.15, 0.2) is 23.1 Å². The van der Waals surface area contributed by atoms with E-state index in [2.05, 4.69) is 5.32 Å². The molecule has 1 aromatic carbocycles. The number of carbonyl (C=O) groups is 1. The van der Waals surface area contributed by atoms with E-state index in [-0.39, 0.29) is 11.9 Å². The first-order valence-corrected chi connectivity index (χ1v) is 7.71. The third-order valence-corrected chi connectivity index (χ3v) is 4.93. The molecule has 0 aliphatic rings. The summed E-state index contributed by atoms with van der Waals surface area (Å²) in [7, 11) is -1.50. The maximum Gasteiger partial charge on any atom is 0.236 e. The number of nitrogens with one attached hydrogen (secondary N) is 1. The van der Waals surface area contributed by atoms with Crippen LogP contribution in [-0.2, 0) is 15.6 Å². The zero-order valence-electron chi connectivity index (χ0n) is 11.3. The number of hydrogen-bond donors (Lipinski definition) is 2. The van der Waals surface area contributed by atoms with Gasteiger partial charge in [0.25, 0.3) is 0 Å². The van der Waals surface area contributed by atoms with Gasteiger partial charge in [0.15, 0.2) is 0 Å². The van der Waals surface area contributed by atoms with E-state index >= 15 is 0 Å². The van der Waals surface area contributed by atoms with Gasteiger partial charge in [-0.15, -0.1) is 0 Å². The van der Waals surface area contributed by atoms with Gasteiger partial charge in [0.1, 0.15) is 5.25 Å². The van der Waals surface area contributed by atoms with Crippen molar-refractivity contribution >= 4 is 34.0 Å². The Kier molecular flexibility index (Phi) is 5.82. The van der Waals surface area contributed by atoms with E-state index in [4.69, 9.17) is 17.3 Å². The molecule has 19 heavy (non-hydrogen) atoms. The molecule has 4 nitrogen and oxygen atoms in total. The fourth-order valence-corrected chi connectivity index (χ4v) is 2.94. The molecule has 106 valence electrons. The summed E-state index contributed by atoms with van der Waals surface area (Å²) in [5.41, 5.74) is 6.09. The Balaban J connectivity index is 2.84. The van der Waals surface area contributed by atoms with Crippen molar-refractivity contribution < 1.29 is 9.00 Å². The van der Waals surface area contributed by atoms with Crippen LogP contribution in [0.1, 0.15) is 27.2 Å². The first-order chi connectivity index (χ1) is 8.86. The summed E-state index contributed by atoms with van der Waals surface area (Å²) in [6.07, 6.45) is 0.827. The maximum atomic E-state index is 12.3. The molecule has 1 rings (SSSR count). The van der Waals surface area contributed by atoms with Crippen LogP contribution in [-0.4, -0.2) is 21.4 Å². The van der Waals surface area contributed by atoms with Crippen LogP contribution in [0.5, 0.6) is 0 Å². The second-order valence-electron chi connectivity index (χ2n) is 4.45. The zero-order valence-corrected chi connectivity index (χ0v) is 12.8. The van der Waals surface area contributed by atoms with E-state index in [9.17, 15) is 9.00 Å². The van der Waals surface area contributed by atoms with Gasteiger partial charge in [0.05, 0.1) is 20.7 Å². The Morgan fingerprint density at radius 3 is 2.63 bits per heavy atom. The molecule has 0 spiro atoms. The molecule has 0 radical (unpaired) electrons. The minimum Gasteiger partial charge on any atom is -0.399 e. The molecule has 0 aliphatic carbocycles. The van der Waals surface area contributed by atoms with E-state index in [1.165, 1.54) is 6.07 Å². The second-order valence-corrected chi connectivity index (χ2v) is 6.60. The lowest BCUT2D eigenvalue weighted by Crippen LogP contribution is -2.40. The molecule has 0 saturated heterocycles. The van der Waals surface area contributed by atoms with Gasteiger partial charge in [-0.05, 0) is 38.5 Å². The lowest BCUT2D eigenvalue weighted by atomic mass is 10.2. The number of nitrogen functional groups attached to an aromatic ring is 1. The summed E-state index contributed by atoms with van der Waals surface area (Å²) >= 11 is 6.00. The second kappa shape index (κ2) is 6.91. The Morgan fingerprint density at radius 1 is 1.47 bits per heavy atom. The molecular formula is C13H19ClN2O2S. The molecule has 6 heteroatoms. The number of nitrogens with two attached hydrogens (primary N) is 1. The Hall–Kier alpha value is -1.07. The van der Waals surface area contributed by atoms with Crippen molar-refractivity contribution in [1.29, 1.82) is 0 Å². The normalized spacial score (nSPS) is 15.6. The SMILES string of the molecule is CCC(C)NC(=O)C(C)S(=O)c1ccc(N)cc1Cl. The van der Waals surface area contributed by atoms with Crippen molar-refractivity contribution in [3.8, 4) is 0 Å². The largest absolute Gasteiger partial charge is 0.399 e. The van der Waals surface area contributed by atoms with Gasteiger partial charge in [-0.3, -0.25) is 9.00 Å². The van der Waals surface area contributed by atoms with Crippen molar-refractivity contribution in [2.24, 2.45) is 0 Å². The summed E-state index contributed by atoms with van der Waals surface area (Å²) in [6, 6.07) is 4.82. The van der Waals surface area contributed by atoms with Crippen molar-refractivity contribution in [2.75, 3.05) is 5.73 Å². The lowest BCUT2D eigenvalue weighted by Gasteiger charge is -2.16. The van der Waals surface area contributed by atoms with Crippen LogP contribution in [0.4, 0.5) is 5.69 Å². The number of rotatable bonds is 5. The van der Waals surface area contributed by atoms with Crippen LogP contribution in [0.2, 0.25) is 5.02 Å². The summed E-state index contributed by atoms with van der Waals surface area (Å²) in [5.74, 6) is -0.236. The lowest BCUT2D eigenvalue weighted by molar-refractivity contribution is -0.120. The molecule has 0 fully saturated rings. The molecule has 3 atom stereocenters. The number of hydrogen-bond acceptors (Lipinski definition) is 3. The van der Waals surface area contributed by atoms with Gasteiger partial charge in [0.2, 0.25) is 5.91 Å². The minimum absolute atomic E-state index is 0.0637. The molecule has 3 unspecified atom stereocenters. The maximum absolute atomic E-state index is 12.3. The number of benzene rings is 1. The Labute approximate surface area is 121 Å². The van der Waals surface area contributed by atoms with Crippen molar-refractivity contribution in [3.05, 3.63) is 23.2 Å². The molecule has 0 aliphatic heterocycles. The topological polar surface area (TPSA) is 72.2 Å². The van der Waals surface area contributed by atoms with E-state index < -0.39 is 16.0 Å². The van der Waals surface area contributed by atoms with Crippen LogP contribution in [0, 0.1) is 0 Å². The Bertz CT molecular complexity index is 494. The summed E-state index contributed by atoms with van der Waals surface area (Å²) < 4.78 is 12.3. The van der Waals surface area contributed by atoms with Crippen LogP contribution in [0.3, 0.4) is 0 Å². The number of carbonyl (C=O) groups excluding carboxylic acids is 1. The average molecular weight is 303 g/mol. The first-order valence-electron chi connectivity index (χ1n) is 6.12. The average Bonchev–Trinajstić information content (AvgIpc) is 2.36. The van der Waals surface area contributed by atoms with E-state index in [0.29, 0.717) is 15.6 Å². The summed E-state index contributed by atoms with van der Waals surface area (Å²) in [4.78, 5) is 12.4. The van der Waals surface area contributed by atoms with E-state index in [1.807, 2.05) is 13.8 Å². The van der Waals surface area contributed by atoms with Gasteiger partial charge < -0.3 is 11.1 Å². The van der Waals surface area contributed by atoms with Crippen molar-refractivity contribution in [1.82, 2.24) is 5.32 Å². The molecule has 1 amide bonds. The first kappa shape index (κ1) is 16.0. The van der Waals surface area contributed by atoms with Gasteiger partial charge >= 0.3 is 0 Å². The molecule has 3 N–H and O–H groups in total. The predicted octanol–water partition coefficient (Wildman–Crippen LogP) is 2.33. The van der Waals surface area contributed by atoms with E-state index in [0.717, 1.165) is 6.42 Å². The molecular weight excluding hydrogens is 284 g/mol. The fourth-order valence-electron chi connectivity index (χ4n) is 1.43. The minimum atomic E-state index is -1.50. The molecule has 0 aromatic heterocycles. The van der Waals surface area contributed by atoms with Crippen LogP contribution in [0.25, 0.3) is 0 Å². The third-order valence-electron chi connectivity index (χ3n) is 2.86. The standard InChI is InChI=1S/C13H19ClN2O2S/c1-4-8(2)16-13(17)9(3)19(18)12-6-5-10(15)7-11(12)14/h5-9H,4,15H2,1-3H3,(H,16,17). The quantitative estimate of drug-likeness (QED) is 0.820. The highest BCUT2D eigenvalue weighted by molar-refractivity contribution is 7.86. The highest BCUT2D eigenvalue weighted by Crippen LogP contribution is 2.24. The highest BCUT2D eigenvalue weighted by atomic mass is 35.5. The number of halogens is 1. The van der Waals surface area contributed by atoms with Gasteiger partial charge in [-0.1, -0.05) is 18.5 Å². The van der Waals surface area contributed by atoms with E-state index in [1.54, 1.807) is 19.1 Å². The summed E-state index contributed by atoms with van der Waals surface area (Å²) in [6.45, 7) is 5.51. The van der Waals surface area contributed by atoms with Crippen molar-refractivity contribution in [2.45, 2.75) is 43.4 Å². The fraction of sp³-hybridized carbons (Fsp3) is 0.462. The number of amides is 1. The smallest absolute Gasteiger partial charge is 0.236 e. The van der Waals surface area contributed by atoms with Gasteiger partial charge in [-0.25, -0.2) is 0 Å². The summed E-state index contributed by atoms with van der Waals surface area (Å²) in [5, 5.41) is 2.47. The highest BCUT2D eigenvalue weighted by Gasteiger charge is 2.23. The molecule has 0 heterocycles. The monoisotopic (exact) mass is 302 g/mol. The van der Waals surface area contributed by atoms with Gasteiger partial charge in [-0.2, -0.15) is 0 Å². The predicted molar refractivity (Wildman–Crippen MR) is 79.6 cm³/mol. The van der Waals surface area contributed by atoms with Crippen LogP contribution < -0.4 is 11.1 Å². The number of anilines is 1. The molecule has 1 aromatic rings. The zero-order chi connectivity index (χ0) is 14.6. The Morgan fingerprint density at radius 2 is 2.11 bits per heavy atom. The van der Waals surface area contributed by atoms with Gasteiger partial charge in [0, 0.05) is 11.7 Å². The van der Waals surface area contributed by atoms with Crippen LogP contribution >= 0.6 is 11.6 Å². The third kappa shape index (κ3) is 4.21. The molecule has 0 bridgehead atoms. The molecule has 0 saturated carbocycles.